The zero-order chi connectivity index (χ0) is 20.8. The van der Waals surface area contributed by atoms with E-state index in [2.05, 4.69) is 5.32 Å². The maximum atomic E-state index is 13.9. The van der Waals surface area contributed by atoms with Gasteiger partial charge in [0.1, 0.15) is 5.82 Å². The Morgan fingerprint density at radius 2 is 1.62 bits per heavy atom. The van der Waals surface area contributed by atoms with E-state index in [1.807, 2.05) is 0 Å². The van der Waals surface area contributed by atoms with Crippen LogP contribution >= 0.6 is 0 Å². The number of hydrogen-bond donors (Lipinski definition) is 1. The number of nitrogens with one attached hydrogen (secondary N) is 1. The molecule has 6 nitrogen and oxygen atoms in total. The summed E-state index contributed by atoms with van der Waals surface area (Å²) in [6.07, 6.45) is 0.967. The molecule has 3 amide bonds. The summed E-state index contributed by atoms with van der Waals surface area (Å²) >= 11 is 0. The van der Waals surface area contributed by atoms with Crippen LogP contribution in [0.4, 0.5) is 10.1 Å². The smallest absolute Gasteiger partial charge is 0.256 e. The van der Waals surface area contributed by atoms with E-state index in [1.165, 1.54) is 12.1 Å². The van der Waals surface area contributed by atoms with Crippen molar-refractivity contribution >= 4 is 23.4 Å². The molecular weight excluding hydrogens is 373 g/mol. The molecule has 0 bridgehead atoms. The first kappa shape index (κ1) is 20.5. The van der Waals surface area contributed by atoms with Crippen molar-refractivity contribution in [3.8, 4) is 0 Å². The monoisotopic (exact) mass is 397 g/mol. The summed E-state index contributed by atoms with van der Waals surface area (Å²) in [5.41, 5.74) is 1.10. The number of carbonyl (C=O) groups excluding carboxylic acids is 3. The molecule has 1 aliphatic rings. The summed E-state index contributed by atoms with van der Waals surface area (Å²) in [4.78, 5) is 40.4. The highest BCUT2D eigenvalue weighted by atomic mass is 19.1. The van der Waals surface area contributed by atoms with E-state index in [1.54, 1.807) is 53.1 Å². The maximum absolute atomic E-state index is 13.9. The third-order valence-electron chi connectivity index (χ3n) is 4.89. The third kappa shape index (κ3) is 4.99. The van der Waals surface area contributed by atoms with Gasteiger partial charge in [0.2, 0.25) is 5.91 Å². The van der Waals surface area contributed by atoms with Crippen molar-refractivity contribution in [3.05, 3.63) is 65.5 Å². The van der Waals surface area contributed by atoms with Crippen LogP contribution in [-0.2, 0) is 4.79 Å². The van der Waals surface area contributed by atoms with Crippen LogP contribution in [0.15, 0.2) is 48.5 Å². The molecule has 7 heteroatoms. The lowest BCUT2D eigenvalue weighted by molar-refractivity contribution is -0.115. The molecule has 0 spiro atoms. The normalized spacial score (nSPS) is 14.3. The maximum Gasteiger partial charge on any atom is 0.256 e. The summed E-state index contributed by atoms with van der Waals surface area (Å²) in [7, 11) is 0. The van der Waals surface area contributed by atoms with Gasteiger partial charge in [-0.05, 0) is 36.8 Å². The zero-order valence-corrected chi connectivity index (χ0v) is 16.4. The number of amides is 3. The second-order valence-electron chi connectivity index (χ2n) is 6.90. The Hall–Kier alpha value is -3.22. The van der Waals surface area contributed by atoms with Gasteiger partial charge in [-0.3, -0.25) is 14.4 Å². The molecule has 0 radical (unpaired) electrons. The van der Waals surface area contributed by atoms with Gasteiger partial charge in [0, 0.05) is 43.9 Å². The first-order valence-corrected chi connectivity index (χ1v) is 9.72. The first-order chi connectivity index (χ1) is 14.0. The van der Waals surface area contributed by atoms with Gasteiger partial charge in [0.05, 0.1) is 5.56 Å². The number of nitrogens with zero attached hydrogens (tertiary/aromatic N) is 2. The molecule has 1 aliphatic heterocycles. The molecule has 2 aromatic rings. The molecule has 1 heterocycles. The number of rotatable bonds is 4. The van der Waals surface area contributed by atoms with Crippen LogP contribution in [0, 0.1) is 5.82 Å². The molecule has 0 atom stereocenters. The fourth-order valence-corrected chi connectivity index (χ4v) is 3.29. The standard InChI is InChI=1S/C22H24FN3O3/c1-2-20(27)24-17-8-5-7-16(15-17)21(28)25-11-6-12-26(14-13-25)22(29)18-9-3-4-10-19(18)23/h3-5,7-10,15H,2,6,11-14H2,1H3,(H,24,27). The Morgan fingerprint density at radius 3 is 2.31 bits per heavy atom. The van der Waals surface area contributed by atoms with Crippen LogP contribution in [0.2, 0.25) is 0 Å². The Balaban J connectivity index is 1.67. The summed E-state index contributed by atoms with van der Waals surface area (Å²) in [6.45, 7) is 3.43. The highest BCUT2D eigenvalue weighted by Gasteiger charge is 2.25. The fraction of sp³-hybridized carbons (Fsp3) is 0.318. The molecule has 3 rings (SSSR count). The van der Waals surface area contributed by atoms with Gasteiger partial charge >= 0.3 is 0 Å². The average molecular weight is 397 g/mol. The van der Waals surface area contributed by atoms with Crippen LogP contribution in [-0.4, -0.2) is 53.7 Å². The van der Waals surface area contributed by atoms with Gasteiger partial charge < -0.3 is 15.1 Å². The number of anilines is 1. The quantitative estimate of drug-likeness (QED) is 0.862. The molecule has 0 unspecified atom stereocenters. The van der Waals surface area contributed by atoms with Crippen LogP contribution in [0.1, 0.15) is 40.5 Å². The number of carbonyl (C=O) groups is 3. The molecule has 0 aromatic heterocycles. The van der Waals surface area contributed by atoms with E-state index < -0.39 is 5.82 Å². The topological polar surface area (TPSA) is 69.7 Å². The van der Waals surface area contributed by atoms with Crippen molar-refractivity contribution in [2.24, 2.45) is 0 Å². The third-order valence-corrected chi connectivity index (χ3v) is 4.89. The van der Waals surface area contributed by atoms with E-state index >= 15 is 0 Å². The Labute approximate surface area is 169 Å². The van der Waals surface area contributed by atoms with Gasteiger partial charge in [-0.15, -0.1) is 0 Å². The van der Waals surface area contributed by atoms with Gasteiger partial charge in [-0.2, -0.15) is 0 Å². The van der Waals surface area contributed by atoms with E-state index in [0.29, 0.717) is 50.3 Å². The highest BCUT2D eigenvalue weighted by molar-refractivity contribution is 5.97. The van der Waals surface area contributed by atoms with E-state index in [4.69, 9.17) is 0 Å². The minimum atomic E-state index is -0.541. The minimum Gasteiger partial charge on any atom is -0.337 e. The van der Waals surface area contributed by atoms with Crippen molar-refractivity contribution in [1.82, 2.24) is 9.80 Å². The lowest BCUT2D eigenvalue weighted by atomic mass is 10.1. The second-order valence-corrected chi connectivity index (χ2v) is 6.90. The highest BCUT2D eigenvalue weighted by Crippen LogP contribution is 2.16. The Bertz CT molecular complexity index is 916. The largest absolute Gasteiger partial charge is 0.337 e. The molecule has 1 N–H and O–H groups in total. The molecule has 1 fully saturated rings. The van der Waals surface area contributed by atoms with Crippen LogP contribution in [0.3, 0.4) is 0 Å². The summed E-state index contributed by atoms with van der Waals surface area (Å²) in [6, 6.07) is 12.7. The van der Waals surface area contributed by atoms with Crippen molar-refractivity contribution in [3.63, 3.8) is 0 Å². The predicted octanol–water partition coefficient (Wildman–Crippen LogP) is 3.16. The van der Waals surface area contributed by atoms with Crippen molar-refractivity contribution in [2.45, 2.75) is 19.8 Å². The summed E-state index contributed by atoms with van der Waals surface area (Å²) < 4.78 is 13.9. The molecule has 0 saturated carbocycles. The van der Waals surface area contributed by atoms with Crippen LogP contribution in [0.25, 0.3) is 0 Å². The molecule has 2 aromatic carbocycles. The Morgan fingerprint density at radius 1 is 0.931 bits per heavy atom. The van der Waals surface area contributed by atoms with E-state index in [0.717, 1.165) is 0 Å². The van der Waals surface area contributed by atoms with Gasteiger partial charge in [-0.1, -0.05) is 25.1 Å². The van der Waals surface area contributed by atoms with Gasteiger partial charge in [-0.25, -0.2) is 4.39 Å². The fourth-order valence-electron chi connectivity index (χ4n) is 3.29. The van der Waals surface area contributed by atoms with Crippen molar-refractivity contribution in [1.29, 1.82) is 0 Å². The number of hydrogen-bond acceptors (Lipinski definition) is 3. The molecule has 152 valence electrons. The van der Waals surface area contributed by atoms with Crippen LogP contribution < -0.4 is 5.32 Å². The number of halogens is 1. The van der Waals surface area contributed by atoms with Gasteiger partial charge in [0.15, 0.2) is 0 Å². The minimum absolute atomic E-state index is 0.0478. The number of benzene rings is 2. The van der Waals surface area contributed by atoms with E-state index in [-0.39, 0.29) is 23.3 Å². The average Bonchev–Trinajstić information content (AvgIpc) is 2.99. The lowest BCUT2D eigenvalue weighted by Crippen LogP contribution is -2.37. The van der Waals surface area contributed by atoms with E-state index in [9.17, 15) is 18.8 Å². The van der Waals surface area contributed by atoms with Crippen molar-refractivity contribution < 1.29 is 18.8 Å². The van der Waals surface area contributed by atoms with Crippen molar-refractivity contribution in [2.75, 3.05) is 31.5 Å². The summed E-state index contributed by atoms with van der Waals surface area (Å²) in [5, 5.41) is 2.75. The predicted molar refractivity (Wildman–Crippen MR) is 108 cm³/mol. The SMILES string of the molecule is CCC(=O)Nc1cccc(C(=O)N2CCCN(C(=O)c3ccccc3F)CC2)c1. The van der Waals surface area contributed by atoms with Crippen LogP contribution in [0.5, 0.6) is 0 Å². The van der Waals surface area contributed by atoms with Gasteiger partial charge in [0.25, 0.3) is 11.8 Å². The molecule has 1 saturated heterocycles. The second kappa shape index (κ2) is 9.32. The Kier molecular flexibility index (Phi) is 6.59. The molecule has 0 aliphatic carbocycles. The first-order valence-electron chi connectivity index (χ1n) is 9.72. The lowest BCUT2D eigenvalue weighted by Gasteiger charge is -2.22. The molecule has 29 heavy (non-hydrogen) atoms. The molecular formula is C22H24FN3O3. The summed E-state index contributed by atoms with van der Waals surface area (Å²) in [5.74, 6) is -1.17. The zero-order valence-electron chi connectivity index (χ0n) is 16.4.